The number of urea groups is 1. The van der Waals surface area contributed by atoms with Gasteiger partial charge in [0, 0.05) is 5.70 Å². The number of phenols is 2. The predicted molar refractivity (Wildman–Crippen MR) is 99.0 cm³/mol. The first kappa shape index (κ1) is 19.1. The van der Waals surface area contributed by atoms with E-state index in [4.69, 9.17) is 4.74 Å². The van der Waals surface area contributed by atoms with Crippen LogP contribution in [0.4, 0.5) is 4.79 Å². The molecule has 1 unspecified atom stereocenters. The number of allylic oxidation sites excluding steroid dienone is 1. The Kier molecular flexibility index (Phi) is 5.88. The average Bonchev–Trinajstić information content (AvgIpc) is 2.68. The zero-order chi connectivity index (χ0) is 19.4. The Labute approximate surface area is 158 Å². The summed E-state index contributed by atoms with van der Waals surface area (Å²) >= 11 is 0. The Balaban J connectivity index is 1.84. The number of hydrogen-bond donors (Lipinski definition) is 4. The predicted octanol–water partition coefficient (Wildman–Crippen LogP) is 3.24. The average molecular weight is 374 g/mol. The molecule has 1 atom stereocenters. The Bertz CT molecular complexity index is 753. The normalized spacial score (nSPS) is 20.8. The van der Waals surface area contributed by atoms with Gasteiger partial charge in [-0.25, -0.2) is 9.59 Å². The third kappa shape index (κ3) is 4.35. The van der Waals surface area contributed by atoms with Crippen molar-refractivity contribution in [1.29, 1.82) is 0 Å². The molecular weight excluding hydrogens is 348 g/mol. The highest BCUT2D eigenvalue weighted by molar-refractivity contribution is 5.95. The van der Waals surface area contributed by atoms with E-state index in [1.54, 1.807) is 6.07 Å². The van der Waals surface area contributed by atoms with Crippen molar-refractivity contribution in [1.82, 2.24) is 10.6 Å². The van der Waals surface area contributed by atoms with E-state index >= 15 is 0 Å². The molecule has 7 heteroatoms. The number of amides is 2. The van der Waals surface area contributed by atoms with Gasteiger partial charge in [0.15, 0.2) is 11.5 Å². The van der Waals surface area contributed by atoms with Crippen LogP contribution in [0, 0.1) is 5.92 Å². The van der Waals surface area contributed by atoms with Crippen LogP contribution in [0.5, 0.6) is 11.5 Å². The molecule has 146 valence electrons. The molecule has 0 aromatic heterocycles. The third-order valence-corrected chi connectivity index (χ3v) is 5.23. The number of rotatable bonds is 5. The van der Waals surface area contributed by atoms with Gasteiger partial charge in [-0.3, -0.25) is 0 Å². The Hall–Kier alpha value is -2.70. The quantitative estimate of drug-likeness (QED) is 0.467. The first-order valence-electron chi connectivity index (χ1n) is 9.49. The van der Waals surface area contributed by atoms with Gasteiger partial charge in [-0.05, 0) is 42.9 Å². The Morgan fingerprint density at radius 2 is 1.93 bits per heavy atom. The maximum atomic E-state index is 12.9. The van der Waals surface area contributed by atoms with E-state index < -0.39 is 18.0 Å². The summed E-state index contributed by atoms with van der Waals surface area (Å²) in [7, 11) is 0. The third-order valence-electron chi connectivity index (χ3n) is 5.23. The van der Waals surface area contributed by atoms with E-state index in [0.717, 1.165) is 25.7 Å². The summed E-state index contributed by atoms with van der Waals surface area (Å²) < 4.78 is 5.59. The van der Waals surface area contributed by atoms with E-state index in [-0.39, 0.29) is 11.5 Å². The van der Waals surface area contributed by atoms with Crippen LogP contribution in [-0.2, 0) is 9.53 Å². The Morgan fingerprint density at radius 3 is 2.59 bits per heavy atom. The van der Waals surface area contributed by atoms with E-state index in [1.165, 1.54) is 18.6 Å². The molecular formula is C20H26N2O5. The first-order valence-corrected chi connectivity index (χ1v) is 9.49. The molecule has 0 spiro atoms. The van der Waals surface area contributed by atoms with Gasteiger partial charge in [-0.15, -0.1) is 0 Å². The first-order chi connectivity index (χ1) is 13.0. The molecule has 1 heterocycles. The van der Waals surface area contributed by atoms with Crippen molar-refractivity contribution in [2.45, 2.75) is 51.5 Å². The second-order valence-electron chi connectivity index (χ2n) is 7.13. The van der Waals surface area contributed by atoms with Crippen molar-refractivity contribution in [3.05, 3.63) is 35.0 Å². The highest BCUT2D eigenvalue weighted by atomic mass is 16.5. The molecule has 0 saturated heterocycles. The van der Waals surface area contributed by atoms with Crippen LogP contribution in [0.3, 0.4) is 0 Å². The molecule has 1 aromatic carbocycles. The molecule has 1 aromatic rings. The molecule has 1 aliphatic heterocycles. The zero-order valence-electron chi connectivity index (χ0n) is 15.5. The van der Waals surface area contributed by atoms with E-state index in [9.17, 15) is 19.8 Å². The lowest BCUT2D eigenvalue weighted by Crippen LogP contribution is -2.46. The minimum absolute atomic E-state index is 0.264. The second-order valence-corrected chi connectivity index (χ2v) is 7.13. The largest absolute Gasteiger partial charge is 0.504 e. The van der Waals surface area contributed by atoms with Gasteiger partial charge in [-0.1, -0.05) is 32.3 Å². The molecule has 3 rings (SSSR count). The summed E-state index contributed by atoms with van der Waals surface area (Å²) in [6.07, 6.45) is 6.16. The number of benzene rings is 1. The lowest BCUT2D eigenvalue weighted by Gasteiger charge is -2.30. The molecule has 0 bridgehead atoms. The van der Waals surface area contributed by atoms with Crippen molar-refractivity contribution < 1.29 is 24.5 Å². The van der Waals surface area contributed by atoms with Gasteiger partial charge in [0.25, 0.3) is 0 Å². The monoisotopic (exact) mass is 374 g/mol. The molecule has 2 aliphatic rings. The van der Waals surface area contributed by atoms with E-state index in [1.807, 2.05) is 6.92 Å². The van der Waals surface area contributed by atoms with Gasteiger partial charge < -0.3 is 25.6 Å². The number of phenolic OH excluding ortho intramolecular Hbond substituents is 2. The number of hydrogen-bond acceptors (Lipinski definition) is 5. The molecule has 1 fully saturated rings. The van der Waals surface area contributed by atoms with E-state index in [2.05, 4.69) is 10.6 Å². The minimum Gasteiger partial charge on any atom is -0.504 e. The number of ether oxygens (including phenoxy) is 1. The van der Waals surface area contributed by atoms with Gasteiger partial charge in [-0.2, -0.15) is 0 Å². The van der Waals surface area contributed by atoms with Crippen molar-refractivity contribution >= 4 is 12.0 Å². The number of nitrogens with one attached hydrogen (secondary N) is 2. The fourth-order valence-electron chi connectivity index (χ4n) is 3.73. The summed E-state index contributed by atoms with van der Waals surface area (Å²) in [4.78, 5) is 24.9. The maximum Gasteiger partial charge on any atom is 0.338 e. The molecule has 0 radical (unpaired) electrons. The van der Waals surface area contributed by atoms with Crippen LogP contribution < -0.4 is 10.6 Å². The molecule has 4 N–H and O–H groups in total. The number of carbonyl (C=O) groups is 2. The lowest BCUT2D eigenvalue weighted by atomic mass is 9.90. The fourth-order valence-corrected chi connectivity index (χ4v) is 3.73. The van der Waals surface area contributed by atoms with Crippen molar-refractivity contribution in [3.63, 3.8) is 0 Å². The SMILES string of the molecule is CCC1=C(C(=O)OCC2CCCCC2)C(c2ccc(O)c(O)c2)NC(=O)N1. The molecule has 2 amide bonds. The van der Waals surface area contributed by atoms with E-state index in [0.29, 0.717) is 35.8 Å². The number of carbonyl (C=O) groups excluding carboxylic acids is 2. The molecule has 1 saturated carbocycles. The van der Waals surface area contributed by atoms with Crippen LogP contribution in [0.2, 0.25) is 0 Å². The highest BCUT2D eigenvalue weighted by Crippen LogP contribution is 2.34. The summed E-state index contributed by atoms with van der Waals surface area (Å²) in [5.41, 5.74) is 1.33. The van der Waals surface area contributed by atoms with Gasteiger partial charge in [0.1, 0.15) is 0 Å². The molecule has 7 nitrogen and oxygen atoms in total. The van der Waals surface area contributed by atoms with Crippen molar-refractivity contribution in [2.24, 2.45) is 5.92 Å². The van der Waals surface area contributed by atoms with Crippen LogP contribution in [-0.4, -0.2) is 28.8 Å². The smallest absolute Gasteiger partial charge is 0.338 e. The minimum atomic E-state index is -0.751. The lowest BCUT2D eigenvalue weighted by molar-refractivity contribution is -0.141. The molecule has 1 aliphatic carbocycles. The van der Waals surface area contributed by atoms with Gasteiger partial charge in [0.05, 0.1) is 18.2 Å². The van der Waals surface area contributed by atoms with Crippen LogP contribution in [0.1, 0.15) is 57.1 Å². The second kappa shape index (κ2) is 8.33. The van der Waals surface area contributed by atoms with Gasteiger partial charge >= 0.3 is 12.0 Å². The fraction of sp³-hybridized carbons (Fsp3) is 0.500. The summed E-state index contributed by atoms with van der Waals surface area (Å²) in [5, 5.41) is 24.7. The Morgan fingerprint density at radius 1 is 1.19 bits per heavy atom. The van der Waals surface area contributed by atoms with Crippen LogP contribution >= 0.6 is 0 Å². The standard InChI is InChI=1S/C20H26N2O5/c1-2-14-17(19(25)27-11-12-6-4-3-5-7-12)18(22-20(26)21-14)13-8-9-15(23)16(24)10-13/h8-10,12,18,23-24H,2-7,11H2,1H3,(H2,21,22,26). The van der Waals surface area contributed by atoms with Crippen molar-refractivity contribution in [2.75, 3.05) is 6.61 Å². The number of aromatic hydroxyl groups is 2. The highest BCUT2D eigenvalue weighted by Gasteiger charge is 2.34. The van der Waals surface area contributed by atoms with Crippen LogP contribution in [0.25, 0.3) is 0 Å². The maximum absolute atomic E-state index is 12.9. The summed E-state index contributed by atoms with van der Waals surface area (Å²) in [6.45, 7) is 2.22. The summed E-state index contributed by atoms with van der Waals surface area (Å²) in [5.74, 6) is -0.661. The van der Waals surface area contributed by atoms with Gasteiger partial charge in [0.2, 0.25) is 0 Å². The van der Waals surface area contributed by atoms with Crippen molar-refractivity contribution in [3.8, 4) is 11.5 Å². The zero-order valence-corrected chi connectivity index (χ0v) is 15.5. The topological polar surface area (TPSA) is 108 Å². The van der Waals surface area contributed by atoms with Crippen LogP contribution in [0.15, 0.2) is 29.5 Å². The number of esters is 1. The molecule has 27 heavy (non-hydrogen) atoms. The summed E-state index contributed by atoms with van der Waals surface area (Å²) in [6, 6.07) is 3.06.